The molecule has 1 fully saturated rings. The Kier molecular flexibility index (Phi) is 13.7. The topological polar surface area (TPSA) is 189 Å². The summed E-state index contributed by atoms with van der Waals surface area (Å²) in [5.41, 5.74) is -0.826. The van der Waals surface area contributed by atoms with Crippen LogP contribution in [0.2, 0.25) is 0 Å². The van der Waals surface area contributed by atoms with E-state index in [1.54, 1.807) is 0 Å². The lowest BCUT2D eigenvalue weighted by Gasteiger charge is -2.32. The summed E-state index contributed by atoms with van der Waals surface area (Å²) < 4.78 is 11.9. The molecule has 1 unspecified atom stereocenters. The van der Waals surface area contributed by atoms with Gasteiger partial charge in [-0.25, -0.2) is 0 Å². The summed E-state index contributed by atoms with van der Waals surface area (Å²) in [6, 6.07) is 3.38. The van der Waals surface area contributed by atoms with Gasteiger partial charge in [-0.2, -0.15) is 0 Å². The summed E-state index contributed by atoms with van der Waals surface area (Å²) in [4.78, 5) is 87.5. The molecule has 2 heterocycles. The number of rotatable bonds is 18. The Bertz CT molecular complexity index is 1460. The van der Waals surface area contributed by atoms with Crippen molar-refractivity contribution in [2.45, 2.75) is 117 Å². The summed E-state index contributed by atoms with van der Waals surface area (Å²) in [5, 5.41) is 10.7. The smallest absolute Gasteiger partial charge is 0.266 e. The number of piperidine rings is 1. The van der Waals surface area contributed by atoms with E-state index >= 15 is 0 Å². The van der Waals surface area contributed by atoms with E-state index in [0.717, 1.165) is 17.7 Å². The van der Waals surface area contributed by atoms with E-state index in [4.69, 9.17) is 9.47 Å². The number of ether oxygens (including phenoxy) is 2. The number of fused-ring (bicyclic) bond motifs is 1. The third-order valence-corrected chi connectivity index (χ3v) is 8.37. The molecule has 0 saturated carbocycles. The highest BCUT2D eigenvalue weighted by Crippen LogP contribution is 2.33. The van der Waals surface area contributed by atoms with Crippen LogP contribution in [0.25, 0.3) is 0 Å². The molecule has 0 spiro atoms. The quantitative estimate of drug-likeness (QED) is 0.132. The summed E-state index contributed by atoms with van der Waals surface area (Å²) in [6.45, 7) is 15.0. The van der Waals surface area contributed by atoms with Crippen molar-refractivity contribution in [3.8, 4) is 5.75 Å². The van der Waals surface area contributed by atoms with Crippen LogP contribution in [0.5, 0.6) is 5.75 Å². The van der Waals surface area contributed by atoms with Crippen molar-refractivity contribution in [3.05, 3.63) is 29.3 Å². The van der Waals surface area contributed by atoms with E-state index in [-0.39, 0.29) is 71.9 Å². The van der Waals surface area contributed by atoms with Gasteiger partial charge in [-0.1, -0.05) is 19.9 Å². The van der Waals surface area contributed by atoms with Crippen LogP contribution in [0, 0.1) is 5.41 Å². The summed E-state index contributed by atoms with van der Waals surface area (Å²) in [6.07, 6.45) is 3.31. The number of carbonyl (C=O) groups excluding carboxylic acids is 7. The second-order valence-corrected chi connectivity index (χ2v) is 15.3. The van der Waals surface area contributed by atoms with Crippen LogP contribution in [-0.2, 0) is 28.7 Å². The Morgan fingerprint density at radius 3 is 2.16 bits per heavy atom. The van der Waals surface area contributed by atoms with E-state index in [2.05, 4.69) is 35.1 Å². The van der Waals surface area contributed by atoms with Crippen molar-refractivity contribution in [2.24, 2.45) is 5.41 Å². The minimum absolute atomic E-state index is 0.0138. The molecule has 1 atom stereocenters. The molecule has 14 heteroatoms. The molecule has 1 aromatic rings. The van der Waals surface area contributed by atoms with Gasteiger partial charge in [0.1, 0.15) is 11.8 Å². The van der Waals surface area contributed by atoms with Gasteiger partial charge in [0.05, 0.1) is 23.3 Å². The highest BCUT2D eigenvalue weighted by Gasteiger charge is 2.46. The minimum atomic E-state index is -1.10. The Morgan fingerprint density at radius 1 is 0.860 bits per heavy atom. The van der Waals surface area contributed by atoms with E-state index in [9.17, 15) is 33.6 Å². The molecule has 50 heavy (non-hydrogen) atoms. The normalized spacial score (nSPS) is 16.5. The van der Waals surface area contributed by atoms with Crippen LogP contribution >= 0.6 is 0 Å². The maximum absolute atomic E-state index is 13.2. The molecular formula is C36H53N5O9. The minimum Gasteiger partial charge on any atom is -0.483 e. The Labute approximate surface area is 294 Å². The van der Waals surface area contributed by atoms with Gasteiger partial charge < -0.3 is 25.4 Å². The third-order valence-electron chi connectivity index (χ3n) is 8.37. The Balaban J connectivity index is 1.34. The molecule has 1 aromatic carbocycles. The monoisotopic (exact) mass is 699 g/mol. The summed E-state index contributed by atoms with van der Waals surface area (Å²) in [7, 11) is 0. The molecule has 0 bridgehead atoms. The predicted molar refractivity (Wildman–Crippen MR) is 184 cm³/mol. The SMILES string of the molecule is CC(C)(CCCNC(=O)CCC(=O)NC(C)(C)C)COC(C)(C)CCCNC(=O)COc1cccc2c1C(=O)N(C1CCC(=O)NC1=O)C2=O. The number of amides is 7. The molecule has 14 nitrogen and oxygen atoms in total. The number of imide groups is 2. The van der Waals surface area contributed by atoms with Crippen molar-refractivity contribution < 1.29 is 43.0 Å². The average molecular weight is 700 g/mol. The fourth-order valence-corrected chi connectivity index (χ4v) is 5.67. The van der Waals surface area contributed by atoms with E-state index in [0.29, 0.717) is 32.5 Å². The largest absolute Gasteiger partial charge is 0.483 e. The first-order chi connectivity index (χ1) is 23.3. The third kappa shape index (κ3) is 12.2. The van der Waals surface area contributed by atoms with Crippen LogP contribution in [-0.4, -0.2) is 89.7 Å². The predicted octanol–water partition coefficient (Wildman–Crippen LogP) is 2.78. The van der Waals surface area contributed by atoms with Crippen molar-refractivity contribution in [2.75, 3.05) is 26.3 Å². The first-order valence-electron chi connectivity index (χ1n) is 17.2. The average Bonchev–Trinajstić information content (AvgIpc) is 3.27. The molecule has 276 valence electrons. The van der Waals surface area contributed by atoms with Gasteiger partial charge in [-0.05, 0) is 84.3 Å². The number of hydrogen-bond acceptors (Lipinski definition) is 9. The number of nitrogens with zero attached hydrogens (tertiary/aromatic N) is 1. The molecule has 0 aromatic heterocycles. The molecule has 1 saturated heterocycles. The van der Waals surface area contributed by atoms with Crippen molar-refractivity contribution in [3.63, 3.8) is 0 Å². The van der Waals surface area contributed by atoms with Gasteiger partial charge in [-0.3, -0.25) is 43.8 Å². The molecular weight excluding hydrogens is 646 g/mol. The van der Waals surface area contributed by atoms with E-state index in [1.165, 1.54) is 18.2 Å². The highest BCUT2D eigenvalue weighted by atomic mass is 16.5. The summed E-state index contributed by atoms with van der Waals surface area (Å²) in [5.74, 6) is -3.14. The first kappa shape index (κ1) is 40.1. The molecule has 3 rings (SSSR count). The van der Waals surface area contributed by atoms with Gasteiger partial charge in [0, 0.05) is 37.9 Å². The fraction of sp³-hybridized carbons (Fsp3) is 0.639. The number of carbonyl (C=O) groups is 7. The second-order valence-electron chi connectivity index (χ2n) is 15.3. The van der Waals surface area contributed by atoms with Gasteiger partial charge in [0.25, 0.3) is 17.7 Å². The number of benzene rings is 1. The van der Waals surface area contributed by atoms with Gasteiger partial charge in [0.2, 0.25) is 23.6 Å². The fourth-order valence-electron chi connectivity index (χ4n) is 5.67. The van der Waals surface area contributed by atoms with Crippen LogP contribution in [0.3, 0.4) is 0 Å². The number of nitrogens with one attached hydrogen (secondary N) is 4. The lowest BCUT2D eigenvalue weighted by atomic mass is 9.88. The zero-order valence-corrected chi connectivity index (χ0v) is 30.4. The van der Waals surface area contributed by atoms with Crippen LogP contribution in [0.1, 0.15) is 121 Å². The van der Waals surface area contributed by atoms with E-state index in [1.807, 2.05) is 34.6 Å². The lowest BCUT2D eigenvalue weighted by molar-refractivity contribution is -0.136. The molecule has 4 N–H and O–H groups in total. The zero-order chi connectivity index (χ0) is 37.3. The van der Waals surface area contributed by atoms with Gasteiger partial charge in [-0.15, -0.1) is 0 Å². The Hall–Kier alpha value is -4.33. The number of hydrogen-bond donors (Lipinski definition) is 4. The molecule has 2 aliphatic rings. The van der Waals surface area contributed by atoms with Gasteiger partial charge in [0.15, 0.2) is 6.61 Å². The molecule has 0 radical (unpaired) electrons. The maximum Gasteiger partial charge on any atom is 0.266 e. The Morgan fingerprint density at radius 2 is 1.50 bits per heavy atom. The standard InChI is InChI=1S/C36H53N5O9/c1-34(2,3)40-28(44)16-15-26(42)37-19-9-17-35(4,5)22-50-36(6,7)18-10-20-38-29(45)21-49-25-12-8-11-23-30(25)33(48)41(32(23)47)24-13-14-27(43)39-31(24)46/h8,11-12,24H,9-10,13-22H2,1-7H3,(H,37,42)(H,38,45)(H,40,44)(H,39,43,46). The molecule has 7 amide bonds. The summed E-state index contributed by atoms with van der Waals surface area (Å²) >= 11 is 0. The van der Waals surface area contributed by atoms with Gasteiger partial charge >= 0.3 is 0 Å². The first-order valence-corrected chi connectivity index (χ1v) is 17.2. The molecule has 0 aliphatic carbocycles. The van der Waals surface area contributed by atoms with Crippen molar-refractivity contribution >= 4 is 41.4 Å². The lowest BCUT2D eigenvalue weighted by Crippen LogP contribution is -2.54. The van der Waals surface area contributed by atoms with Crippen LogP contribution in [0.4, 0.5) is 0 Å². The second kappa shape index (κ2) is 17.1. The highest BCUT2D eigenvalue weighted by molar-refractivity contribution is 6.24. The molecule has 2 aliphatic heterocycles. The van der Waals surface area contributed by atoms with Crippen molar-refractivity contribution in [1.82, 2.24) is 26.2 Å². The van der Waals surface area contributed by atoms with Crippen molar-refractivity contribution in [1.29, 1.82) is 0 Å². The maximum atomic E-state index is 13.2. The van der Waals surface area contributed by atoms with Crippen LogP contribution in [0.15, 0.2) is 18.2 Å². The van der Waals surface area contributed by atoms with Crippen LogP contribution < -0.4 is 26.0 Å². The van der Waals surface area contributed by atoms with E-state index < -0.39 is 41.2 Å². The zero-order valence-electron chi connectivity index (χ0n) is 30.4.